The molecule has 2 saturated heterocycles. The fraction of sp³-hybridized carbons (Fsp3) is 0.485. The maximum Gasteiger partial charge on any atom is 0.223 e. The zero-order chi connectivity index (χ0) is 31.9. The summed E-state index contributed by atoms with van der Waals surface area (Å²) >= 11 is 1.57. The SMILES string of the molecule is CC(=O)N1CCC(C(=O)N[C@H]2[C@@H]3CC[C@H]2CN(c2nnc(-c4cnc(-c5ccc6cc(C#N)cnn56)cc4NC(C)C)s2)C3)CC1. The number of carbonyl (C=O) groups excluding carboxylic acids is 2. The second-order valence-corrected chi connectivity index (χ2v) is 14.0. The van der Waals surface area contributed by atoms with Crippen LogP contribution in [-0.2, 0) is 9.59 Å². The van der Waals surface area contributed by atoms with Gasteiger partial charge in [-0.05, 0) is 75.6 Å². The lowest BCUT2D eigenvalue weighted by molar-refractivity contribution is -0.134. The Morgan fingerprint density at radius 1 is 1.04 bits per heavy atom. The van der Waals surface area contributed by atoms with E-state index in [1.165, 1.54) is 0 Å². The van der Waals surface area contributed by atoms with Gasteiger partial charge in [0.15, 0.2) is 5.01 Å². The van der Waals surface area contributed by atoms with E-state index in [0.717, 1.165) is 77.1 Å². The fourth-order valence-corrected chi connectivity index (χ4v) is 8.14. The second kappa shape index (κ2) is 12.3. The summed E-state index contributed by atoms with van der Waals surface area (Å²) in [5, 5.41) is 31.6. The number of carbonyl (C=O) groups is 2. The summed E-state index contributed by atoms with van der Waals surface area (Å²) in [6, 6.07) is 10.3. The Labute approximate surface area is 271 Å². The van der Waals surface area contributed by atoms with E-state index in [2.05, 4.69) is 50.7 Å². The molecule has 12 nitrogen and oxygen atoms in total. The van der Waals surface area contributed by atoms with Crippen LogP contribution in [0.4, 0.5) is 10.8 Å². The average Bonchev–Trinajstić information content (AvgIpc) is 3.76. The molecule has 0 spiro atoms. The molecule has 4 aromatic heterocycles. The number of rotatable bonds is 7. The molecule has 2 amide bonds. The highest BCUT2D eigenvalue weighted by Gasteiger charge is 2.44. The van der Waals surface area contributed by atoms with Crippen LogP contribution in [0.1, 0.15) is 52.0 Å². The molecule has 0 aromatic carbocycles. The molecule has 1 saturated carbocycles. The number of anilines is 2. The van der Waals surface area contributed by atoms with Crippen LogP contribution < -0.4 is 15.5 Å². The van der Waals surface area contributed by atoms with E-state index < -0.39 is 0 Å². The van der Waals surface area contributed by atoms with Gasteiger partial charge in [0.05, 0.1) is 34.2 Å². The lowest BCUT2D eigenvalue weighted by Crippen LogP contribution is -2.54. The molecular weight excluding hydrogens is 600 g/mol. The summed E-state index contributed by atoms with van der Waals surface area (Å²) in [5.74, 6) is 0.970. The van der Waals surface area contributed by atoms with Crippen LogP contribution in [0.2, 0.25) is 0 Å². The Kier molecular flexibility index (Phi) is 8.06. The first-order valence-corrected chi connectivity index (χ1v) is 16.9. The van der Waals surface area contributed by atoms with Crippen molar-refractivity contribution in [3.63, 3.8) is 0 Å². The molecule has 0 unspecified atom stereocenters. The number of likely N-dealkylation sites (tertiary alicyclic amines) is 1. The number of hydrogen-bond acceptors (Lipinski definition) is 10. The van der Waals surface area contributed by atoms with Crippen molar-refractivity contribution in [3.8, 4) is 28.0 Å². The van der Waals surface area contributed by atoms with Crippen LogP contribution in [0.3, 0.4) is 0 Å². The van der Waals surface area contributed by atoms with E-state index in [1.807, 2.05) is 35.4 Å². The number of piperidine rings is 2. The van der Waals surface area contributed by atoms with Gasteiger partial charge in [-0.2, -0.15) is 10.4 Å². The minimum Gasteiger partial charge on any atom is -0.382 e. The number of aromatic nitrogens is 5. The number of amides is 2. The smallest absolute Gasteiger partial charge is 0.223 e. The third-order valence-corrected chi connectivity index (χ3v) is 10.6. The Hall–Kier alpha value is -4.57. The van der Waals surface area contributed by atoms with E-state index in [1.54, 1.807) is 29.0 Å². The summed E-state index contributed by atoms with van der Waals surface area (Å²) < 4.78 is 1.79. The third kappa shape index (κ3) is 5.77. The average molecular weight is 639 g/mol. The lowest BCUT2D eigenvalue weighted by atomic mass is 9.90. The summed E-state index contributed by atoms with van der Waals surface area (Å²) in [4.78, 5) is 33.9. The molecule has 0 radical (unpaired) electrons. The highest BCUT2D eigenvalue weighted by Crippen LogP contribution is 2.42. The second-order valence-electron chi connectivity index (χ2n) is 13.0. The molecule has 46 heavy (non-hydrogen) atoms. The van der Waals surface area contributed by atoms with Crippen molar-refractivity contribution in [3.05, 3.63) is 42.2 Å². The predicted octanol–water partition coefficient (Wildman–Crippen LogP) is 4.20. The fourth-order valence-electron chi connectivity index (χ4n) is 7.26. The first-order valence-electron chi connectivity index (χ1n) is 16.1. The predicted molar refractivity (Wildman–Crippen MR) is 176 cm³/mol. The van der Waals surface area contributed by atoms with Gasteiger partial charge in [-0.25, -0.2) is 4.52 Å². The number of nitrogens with one attached hydrogen (secondary N) is 2. The van der Waals surface area contributed by atoms with Gasteiger partial charge in [0.1, 0.15) is 6.07 Å². The number of nitrogens with zero attached hydrogens (tertiary/aromatic N) is 8. The molecule has 6 heterocycles. The molecule has 2 N–H and O–H groups in total. The van der Waals surface area contributed by atoms with Crippen LogP contribution in [0.25, 0.3) is 27.5 Å². The van der Waals surface area contributed by atoms with Crippen molar-refractivity contribution >= 4 is 39.5 Å². The van der Waals surface area contributed by atoms with Crippen molar-refractivity contribution in [2.24, 2.45) is 17.8 Å². The largest absolute Gasteiger partial charge is 0.382 e. The van der Waals surface area contributed by atoms with E-state index in [4.69, 9.17) is 4.98 Å². The highest BCUT2D eigenvalue weighted by molar-refractivity contribution is 7.18. The topological polar surface area (TPSA) is 144 Å². The third-order valence-electron chi connectivity index (χ3n) is 9.61. The lowest BCUT2D eigenvalue weighted by Gasteiger charge is -2.39. The van der Waals surface area contributed by atoms with Crippen molar-refractivity contribution in [1.82, 2.24) is 35.0 Å². The molecule has 1 aliphatic carbocycles. The normalized spacial score (nSPS) is 21.5. The standard InChI is InChI=1S/C33H38N10O2S/c1-19(2)37-27-13-28(29-7-6-25-12-21(14-34)15-36-43(25)29)35-16-26(27)32-39-40-33(46-32)42-17-23-4-5-24(18-42)30(23)38-31(45)22-8-10-41(11-9-22)20(3)44/h6-7,12-13,15-16,19,22-24,30H,4-5,8-11,17-18H2,1-3H3,(H,35,37)(H,38,45)/t23-,24+,30+. The maximum atomic E-state index is 13.2. The van der Waals surface area contributed by atoms with Gasteiger partial charge in [-0.1, -0.05) is 11.3 Å². The molecule has 2 bridgehead atoms. The minimum absolute atomic E-state index is 0.0171. The Morgan fingerprint density at radius 2 is 1.80 bits per heavy atom. The van der Waals surface area contributed by atoms with Gasteiger partial charge in [0.2, 0.25) is 16.9 Å². The zero-order valence-corrected chi connectivity index (χ0v) is 27.1. The molecule has 4 aromatic rings. The van der Waals surface area contributed by atoms with Crippen LogP contribution >= 0.6 is 11.3 Å². The van der Waals surface area contributed by atoms with Gasteiger partial charge in [0, 0.05) is 63.0 Å². The van der Waals surface area contributed by atoms with Crippen LogP contribution in [0.5, 0.6) is 0 Å². The molecule has 238 valence electrons. The number of pyridine rings is 1. The molecule has 3 fully saturated rings. The van der Waals surface area contributed by atoms with E-state index in [0.29, 0.717) is 30.5 Å². The minimum atomic E-state index is -0.0171. The monoisotopic (exact) mass is 638 g/mol. The molecule has 7 rings (SSSR count). The maximum absolute atomic E-state index is 13.2. The molecule has 2 aliphatic heterocycles. The first kappa shape index (κ1) is 30.1. The Morgan fingerprint density at radius 3 is 2.50 bits per heavy atom. The van der Waals surface area contributed by atoms with E-state index >= 15 is 0 Å². The summed E-state index contributed by atoms with van der Waals surface area (Å²) in [5.41, 5.74) is 4.75. The summed E-state index contributed by atoms with van der Waals surface area (Å²) in [6.07, 6.45) is 7.06. The molecule has 3 aliphatic rings. The summed E-state index contributed by atoms with van der Waals surface area (Å²) in [7, 11) is 0. The van der Waals surface area contributed by atoms with Gasteiger partial charge in [0.25, 0.3) is 0 Å². The van der Waals surface area contributed by atoms with Crippen LogP contribution in [0.15, 0.2) is 36.7 Å². The molecular formula is C33H38N10O2S. The van der Waals surface area contributed by atoms with Crippen LogP contribution in [0, 0.1) is 29.1 Å². The van der Waals surface area contributed by atoms with Gasteiger partial charge >= 0.3 is 0 Å². The van der Waals surface area contributed by atoms with Crippen molar-refractivity contribution in [1.29, 1.82) is 5.26 Å². The number of hydrogen-bond donors (Lipinski definition) is 2. The van der Waals surface area contributed by atoms with Gasteiger partial charge in [-0.3, -0.25) is 14.6 Å². The summed E-state index contributed by atoms with van der Waals surface area (Å²) in [6.45, 7) is 8.80. The zero-order valence-electron chi connectivity index (χ0n) is 26.3. The number of fused-ring (bicyclic) bond motifs is 3. The Balaban J connectivity index is 1.06. The van der Waals surface area contributed by atoms with Gasteiger partial charge in [-0.15, -0.1) is 10.2 Å². The number of nitriles is 1. The van der Waals surface area contributed by atoms with Gasteiger partial charge < -0.3 is 20.4 Å². The van der Waals surface area contributed by atoms with E-state index in [9.17, 15) is 14.9 Å². The van der Waals surface area contributed by atoms with E-state index in [-0.39, 0.29) is 29.8 Å². The quantitative estimate of drug-likeness (QED) is 0.304. The van der Waals surface area contributed by atoms with Crippen molar-refractivity contribution < 1.29 is 9.59 Å². The van der Waals surface area contributed by atoms with Crippen molar-refractivity contribution in [2.75, 3.05) is 36.4 Å². The van der Waals surface area contributed by atoms with Crippen molar-refractivity contribution in [2.45, 2.75) is 58.5 Å². The first-order chi connectivity index (χ1) is 22.3. The molecule has 3 atom stereocenters. The van der Waals surface area contributed by atoms with Crippen LogP contribution in [-0.4, -0.2) is 79.8 Å². The highest BCUT2D eigenvalue weighted by atomic mass is 32.1. The molecule has 13 heteroatoms. The Bertz CT molecular complexity index is 1800.